The third kappa shape index (κ3) is 4.10. The number of amides is 1. The van der Waals surface area contributed by atoms with Crippen molar-refractivity contribution in [3.63, 3.8) is 0 Å². The monoisotopic (exact) mass is 470 g/mol. The Balaban J connectivity index is 1.41. The van der Waals surface area contributed by atoms with Crippen molar-refractivity contribution in [2.75, 3.05) is 10.4 Å². The number of carbonyl (C=O) groups is 1. The molecule has 0 saturated carbocycles. The quantitative estimate of drug-likeness (QED) is 0.300. The number of aromatic nitrogens is 4. The van der Waals surface area contributed by atoms with Crippen molar-refractivity contribution < 1.29 is 14.3 Å². The third-order valence-electron chi connectivity index (χ3n) is 5.50. The molecule has 3 N–H and O–H groups in total. The van der Waals surface area contributed by atoms with E-state index < -0.39 is 11.7 Å². The van der Waals surface area contributed by atoms with Crippen LogP contribution in [0.25, 0.3) is 22.5 Å². The van der Waals surface area contributed by atoms with Gasteiger partial charge in [-0.25, -0.2) is 9.49 Å². The number of benzene rings is 3. The number of aromatic amines is 1. The fourth-order valence-corrected chi connectivity index (χ4v) is 3.61. The first-order valence-corrected chi connectivity index (χ1v) is 10.6. The molecule has 0 aliphatic carbocycles. The summed E-state index contributed by atoms with van der Waals surface area (Å²) in [6.07, 6.45) is 0. The number of para-hydroxylation sites is 1. The number of H-pyrrole nitrogens is 1. The SMILES string of the molecule is CC1=NN(c2ccc(C)c(F)c2)C(=O)/C1=N\Nc1cccc(-c2cccc(-c3nnn[nH]3)c2)c1O. The number of nitrogens with zero attached hydrogens (tertiary/aromatic N) is 6. The lowest BCUT2D eigenvalue weighted by molar-refractivity contribution is -0.112. The molecule has 5 rings (SSSR count). The van der Waals surface area contributed by atoms with Crippen molar-refractivity contribution in [1.29, 1.82) is 0 Å². The number of phenols is 1. The van der Waals surface area contributed by atoms with E-state index in [1.807, 2.05) is 24.3 Å². The van der Waals surface area contributed by atoms with Crippen LogP contribution in [-0.4, -0.2) is 43.1 Å². The van der Waals surface area contributed by atoms with Gasteiger partial charge >= 0.3 is 5.91 Å². The fourth-order valence-electron chi connectivity index (χ4n) is 3.61. The molecule has 0 bridgehead atoms. The van der Waals surface area contributed by atoms with Gasteiger partial charge in [-0.05, 0) is 59.7 Å². The number of tetrazole rings is 1. The van der Waals surface area contributed by atoms with Gasteiger partial charge in [0.15, 0.2) is 11.5 Å². The summed E-state index contributed by atoms with van der Waals surface area (Å²) in [5.74, 6) is -0.499. The van der Waals surface area contributed by atoms with Crippen LogP contribution in [0.1, 0.15) is 12.5 Å². The lowest BCUT2D eigenvalue weighted by Gasteiger charge is -2.12. The number of nitrogens with one attached hydrogen (secondary N) is 2. The Bertz CT molecular complexity index is 1500. The first-order chi connectivity index (χ1) is 16.9. The molecular formula is C24H19FN8O2. The molecule has 1 aromatic heterocycles. The van der Waals surface area contributed by atoms with Crippen LogP contribution in [-0.2, 0) is 4.79 Å². The van der Waals surface area contributed by atoms with Gasteiger partial charge in [0, 0.05) is 11.1 Å². The van der Waals surface area contributed by atoms with Crippen LogP contribution in [0.15, 0.2) is 70.9 Å². The predicted molar refractivity (Wildman–Crippen MR) is 130 cm³/mol. The number of halogens is 1. The maximum atomic E-state index is 14.0. The molecule has 1 aliphatic heterocycles. The lowest BCUT2D eigenvalue weighted by Crippen LogP contribution is -2.28. The highest BCUT2D eigenvalue weighted by atomic mass is 19.1. The zero-order valence-corrected chi connectivity index (χ0v) is 18.7. The molecule has 4 aromatic rings. The number of carbonyl (C=O) groups excluding carboxylic acids is 1. The average Bonchev–Trinajstić information content (AvgIpc) is 3.49. The highest BCUT2D eigenvalue weighted by Crippen LogP contribution is 2.36. The Kier molecular flexibility index (Phi) is 5.49. The van der Waals surface area contributed by atoms with Gasteiger partial charge in [-0.2, -0.15) is 15.2 Å². The minimum Gasteiger partial charge on any atom is -0.505 e. The Morgan fingerprint density at radius 3 is 2.63 bits per heavy atom. The molecule has 0 atom stereocenters. The van der Waals surface area contributed by atoms with Gasteiger partial charge < -0.3 is 5.11 Å². The lowest BCUT2D eigenvalue weighted by atomic mass is 10.0. The van der Waals surface area contributed by atoms with Crippen molar-refractivity contribution in [3.05, 3.63) is 72.0 Å². The number of aryl methyl sites for hydroxylation is 1. The van der Waals surface area contributed by atoms with E-state index >= 15 is 0 Å². The first-order valence-electron chi connectivity index (χ1n) is 10.6. The zero-order chi connectivity index (χ0) is 24.5. The molecule has 10 nitrogen and oxygen atoms in total. The Morgan fingerprint density at radius 1 is 1.06 bits per heavy atom. The second-order valence-corrected chi connectivity index (χ2v) is 7.84. The van der Waals surface area contributed by atoms with Crippen LogP contribution in [0.2, 0.25) is 0 Å². The molecule has 1 amide bonds. The maximum absolute atomic E-state index is 14.0. The summed E-state index contributed by atoms with van der Waals surface area (Å²) in [5, 5.41) is 34.2. The molecule has 1 aliphatic rings. The van der Waals surface area contributed by atoms with Gasteiger partial charge in [0.1, 0.15) is 11.6 Å². The number of aromatic hydroxyl groups is 1. The van der Waals surface area contributed by atoms with Crippen LogP contribution >= 0.6 is 0 Å². The Labute approximate surface area is 198 Å². The molecule has 11 heteroatoms. The van der Waals surface area contributed by atoms with E-state index in [2.05, 4.69) is 36.3 Å². The summed E-state index contributed by atoms with van der Waals surface area (Å²) < 4.78 is 14.0. The van der Waals surface area contributed by atoms with E-state index in [0.717, 1.165) is 16.1 Å². The summed E-state index contributed by atoms with van der Waals surface area (Å²) in [7, 11) is 0. The van der Waals surface area contributed by atoms with Crippen molar-refractivity contribution in [3.8, 4) is 28.3 Å². The van der Waals surface area contributed by atoms with E-state index in [9.17, 15) is 14.3 Å². The minimum absolute atomic E-state index is 0.0515. The Hall–Kier alpha value is -4.93. The second-order valence-electron chi connectivity index (χ2n) is 7.84. The fraction of sp³-hybridized carbons (Fsp3) is 0.0833. The van der Waals surface area contributed by atoms with Crippen molar-refractivity contribution in [2.45, 2.75) is 13.8 Å². The largest absolute Gasteiger partial charge is 0.505 e. The van der Waals surface area contributed by atoms with Crippen molar-refractivity contribution in [2.24, 2.45) is 10.2 Å². The molecule has 2 heterocycles. The summed E-state index contributed by atoms with van der Waals surface area (Å²) in [6.45, 7) is 3.27. The minimum atomic E-state index is -0.512. The average molecular weight is 470 g/mol. The first kappa shape index (κ1) is 21.9. The smallest absolute Gasteiger partial charge is 0.301 e. The summed E-state index contributed by atoms with van der Waals surface area (Å²) >= 11 is 0. The highest BCUT2D eigenvalue weighted by molar-refractivity contribution is 6.71. The maximum Gasteiger partial charge on any atom is 0.301 e. The summed E-state index contributed by atoms with van der Waals surface area (Å²) in [4.78, 5) is 12.9. The van der Waals surface area contributed by atoms with Crippen LogP contribution < -0.4 is 10.4 Å². The molecule has 0 fully saturated rings. The van der Waals surface area contributed by atoms with E-state index in [1.54, 1.807) is 44.2 Å². The normalized spacial score (nSPS) is 14.5. The van der Waals surface area contributed by atoms with E-state index in [1.165, 1.54) is 6.07 Å². The number of phenolic OH excluding ortho intramolecular Hbond substituents is 1. The van der Waals surface area contributed by atoms with Crippen molar-refractivity contribution in [1.82, 2.24) is 20.6 Å². The van der Waals surface area contributed by atoms with E-state index in [-0.39, 0.29) is 11.5 Å². The van der Waals surface area contributed by atoms with E-state index in [0.29, 0.717) is 34.0 Å². The van der Waals surface area contributed by atoms with Crippen LogP contribution in [0.4, 0.5) is 15.8 Å². The molecular weight excluding hydrogens is 451 g/mol. The van der Waals surface area contributed by atoms with Crippen LogP contribution in [0.5, 0.6) is 5.75 Å². The van der Waals surface area contributed by atoms with Gasteiger partial charge in [-0.15, -0.1) is 5.10 Å². The standard InChI is InChI=1S/C24H19FN8O2/c1-13-9-10-17(12-19(13)25)33-24(35)21(14(2)30-33)27-26-20-8-4-7-18(22(20)34)15-5-3-6-16(11-15)23-28-31-32-29-23/h3-12,26,34H,1-2H3,(H,28,29,31,32)/b27-21-. The van der Waals surface area contributed by atoms with Gasteiger partial charge in [-0.3, -0.25) is 10.2 Å². The third-order valence-corrected chi connectivity index (χ3v) is 5.50. The van der Waals surface area contributed by atoms with Gasteiger partial charge in [0.25, 0.3) is 0 Å². The molecule has 0 saturated heterocycles. The zero-order valence-electron chi connectivity index (χ0n) is 18.7. The Morgan fingerprint density at radius 2 is 1.86 bits per heavy atom. The van der Waals surface area contributed by atoms with Crippen LogP contribution in [0, 0.1) is 12.7 Å². The highest BCUT2D eigenvalue weighted by Gasteiger charge is 2.31. The second kappa shape index (κ2) is 8.78. The molecule has 3 aromatic carbocycles. The molecule has 174 valence electrons. The van der Waals surface area contributed by atoms with Gasteiger partial charge in [0.05, 0.1) is 17.1 Å². The summed E-state index contributed by atoms with van der Waals surface area (Å²) in [5.41, 5.74) is 6.25. The summed E-state index contributed by atoms with van der Waals surface area (Å²) in [6, 6.07) is 16.9. The molecule has 0 unspecified atom stereocenters. The number of rotatable bonds is 5. The number of anilines is 2. The molecule has 0 spiro atoms. The molecule has 0 radical (unpaired) electrons. The van der Waals surface area contributed by atoms with E-state index in [4.69, 9.17) is 0 Å². The topological polar surface area (TPSA) is 132 Å². The van der Waals surface area contributed by atoms with Crippen molar-refractivity contribution >= 4 is 28.7 Å². The predicted octanol–water partition coefficient (Wildman–Crippen LogP) is 3.88. The number of hydrogen-bond acceptors (Lipinski definition) is 8. The van der Waals surface area contributed by atoms with Crippen LogP contribution in [0.3, 0.4) is 0 Å². The number of hydrogen-bond donors (Lipinski definition) is 3. The molecule has 35 heavy (non-hydrogen) atoms. The number of hydrazone groups is 2. The van der Waals surface area contributed by atoms with Gasteiger partial charge in [-0.1, -0.05) is 36.4 Å². The van der Waals surface area contributed by atoms with Gasteiger partial charge in [0.2, 0.25) is 0 Å².